The van der Waals surface area contributed by atoms with Gasteiger partial charge in [-0.25, -0.2) is 9.78 Å². The molecule has 192 valence electrons. The van der Waals surface area contributed by atoms with Crippen LogP contribution in [0.25, 0.3) is 0 Å². The summed E-state index contributed by atoms with van der Waals surface area (Å²) in [7, 11) is 1.73. The Kier molecular flexibility index (Phi) is 9.39. The normalized spacial score (nSPS) is 21.7. The summed E-state index contributed by atoms with van der Waals surface area (Å²) in [6.45, 7) is 8.21. The molecule has 3 atom stereocenters. The second-order valence-electron chi connectivity index (χ2n) is 10.3. The maximum absolute atomic E-state index is 13.5. The van der Waals surface area contributed by atoms with E-state index < -0.39 is 0 Å². The number of aliphatic hydroxyl groups excluding tert-OH is 1. The van der Waals surface area contributed by atoms with Crippen LogP contribution in [0.5, 0.6) is 5.88 Å². The van der Waals surface area contributed by atoms with Crippen molar-refractivity contribution in [3.63, 3.8) is 0 Å². The van der Waals surface area contributed by atoms with Crippen molar-refractivity contribution in [1.82, 2.24) is 20.1 Å². The van der Waals surface area contributed by atoms with Gasteiger partial charge in [-0.1, -0.05) is 38.0 Å². The van der Waals surface area contributed by atoms with E-state index in [4.69, 9.17) is 4.74 Å². The molecule has 1 aromatic heterocycles. The third kappa shape index (κ3) is 7.11. The van der Waals surface area contributed by atoms with Crippen LogP contribution >= 0.6 is 0 Å². The minimum absolute atomic E-state index is 0.0228. The highest BCUT2D eigenvalue weighted by molar-refractivity contribution is 5.97. The SMILES string of the molecule is CC(C)NC(=O)N(C)C[C@H]1Oc2ncc(C#CC3CCCCC3)cc2C(=O)N([C@@H](C)CO)C[C@H]1C. The van der Waals surface area contributed by atoms with Crippen molar-refractivity contribution in [2.45, 2.75) is 78.0 Å². The summed E-state index contributed by atoms with van der Waals surface area (Å²) in [5.41, 5.74) is 1.02. The van der Waals surface area contributed by atoms with Crippen molar-refractivity contribution >= 4 is 11.9 Å². The smallest absolute Gasteiger partial charge is 0.317 e. The van der Waals surface area contributed by atoms with Gasteiger partial charge in [-0.15, -0.1) is 0 Å². The zero-order valence-electron chi connectivity index (χ0n) is 21.7. The molecular formula is C27H40N4O4. The Bertz CT molecular complexity index is 948. The summed E-state index contributed by atoms with van der Waals surface area (Å²) in [5, 5.41) is 12.7. The molecule has 8 heteroatoms. The average molecular weight is 485 g/mol. The van der Waals surface area contributed by atoms with Gasteiger partial charge in [0, 0.05) is 43.2 Å². The first-order valence-corrected chi connectivity index (χ1v) is 12.8. The number of urea groups is 1. The molecule has 3 amide bonds. The number of carbonyl (C=O) groups is 2. The number of carbonyl (C=O) groups excluding carboxylic acids is 2. The van der Waals surface area contributed by atoms with Gasteiger partial charge in [-0.2, -0.15) is 0 Å². The lowest BCUT2D eigenvalue weighted by Crippen LogP contribution is -2.51. The first-order chi connectivity index (χ1) is 16.7. The van der Waals surface area contributed by atoms with Gasteiger partial charge in [0.2, 0.25) is 5.88 Å². The number of ether oxygens (including phenoxy) is 1. The molecule has 0 bridgehead atoms. The van der Waals surface area contributed by atoms with E-state index in [2.05, 4.69) is 22.1 Å². The third-order valence-electron chi connectivity index (χ3n) is 6.76. The first kappa shape index (κ1) is 26.8. The molecule has 1 fully saturated rings. The Morgan fingerprint density at radius 1 is 1.31 bits per heavy atom. The van der Waals surface area contributed by atoms with Crippen molar-refractivity contribution in [2.24, 2.45) is 11.8 Å². The predicted molar refractivity (Wildman–Crippen MR) is 135 cm³/mol. The maximum Gasteiger partial charge on any atom is 0.317 e. The van der Waals surface area contributed by atoms with Crippen molar-refractivity contribution in [1.29, 1.82) is 0 Å². The Morgan fingerprint density at radius 3 is 2.69 bits per heavy atom. The van der Waals surface area contributed by atoms with Crippen molar-refractivity contribution in [3.8, 4) is 17.7 Å². The van der Waals surface area contributed by atoms with E-state index in [0.717, 1.165) is 12.8 Å². The minimum Gasteiger partial charge on any atom is -0.472 e. The van der Waals surface area contributed by atoms with Gasteiger partial charge in [0.05, 0.1) is 19.2 Å². The molecule has 1 aliphatic heterocycles. The molecule has 2 aliphatic rings. The molecule has 2 N–H and O–H groups in total. The largest absolute Gasteiger partial charge is 0.472 e. The predicted octanol–water partition coefficient (Wildman–Crippen LogP) is 3.28. The Balaban J connectivity index is 1.90. The summed E-state index contributed by atoms with van der Waals surface area (Å²) in [6, 6.07) is 1.22. The van der Waals surface area contributed by atoms with E-state index in [1.807, 2.05) is 27.7 Å². The molecule has 1 saturated carbocycles. The quantitative estimate of drug-likeness (QED) is 0.626. The van der Waals surface area contributed by atoms with Crippen LogP contribution in [-0.2, 0) is 0 Å². The molecule has 35 heavy (non-hydrogen) atoms. The molecule has 0 saturated heterocycles. The van der Waals surface area contributed by atoms with Gasteiger partial charge >= 0.3 is 6.03 Å². The molecule has 0 aromatic carbocycles. The molecule has 1 aromatic rings. The third-order valence-corrected chi connectivity index (χ3v) is 6.76. The number of likely N-dealkylation sites (N-methyl/N-ethyl adjacent to an activating group) is 1. The number of hydrogen-bond donors (Lipinski definition) is 2. The van der Waals surface area contributed by atoms with Crippen LogP contribution in [-0.4, -0.2) is 76.8 Å². The Hall–Kier alpha value is -2.79. The van der Waals surface area contributed by atoms with E-state index >= 15 is 0 Å². The number of amides is 3. The van der Waals surface area contributed by atoms with Gasteiger partial charge in [0.25, 0.3) is 5.91 Å². The number of fused-ring (bicyclic) bond motifs is 1. The zero-order chi connectivity index (χ0) is 25.5. The fourth-order valence-corrected chi connectivity index (χ4v) is 4.53. The fourth-order valence-electron chi connectivity index (χ4n) is 4.53. The highest BCUT2D eigenvalue weighted by Gasteiger charge is 2.34. The van der Waals surface area contributed by atoms with Crippen LogP contribution in [0, 0.1) is 23.7 Å². The summed E-state index contributed by atoms with van der Waals surface area (Å²) in [6.07, 6.45) is 7.21. The van der Waals surface area contributed by atoms with Gasteiger partial charge in [0.15, 0.2) is 0 Å². The fraction of sp³-hybridized carbons (Fsp3) is 0.667. The van der Waals surface area contributed by atoms with Crippen LogP contribution in [0.1, 0.15) is 75.7 Å². The van der Waals surface area contributed by atoms with E-state index in [1.54, 1.807) is 29.1 Å². The summed E-state index contributed by atoms with van der Waals surface area (Å²) in [5.74, 6) is 6.87. The van der Waals surface area contributed by atoms with Gasteiger partial charge in [-0.3, -0.25) is 4.79 Å². The van der Waals surface area contributed by atoms with Gasteiger partial charge in [0.1, 0.15) is 11.7 Å². The van der Waals surface area contributed by atoms with E-state index in [9.17, 15) is 14.7 Å². The summed E-state index contributed by atoms with van der Waals surface area (Å²) < 4.78 is 6.27. The minimum atomic E-state index is -0.384. The van der Waals surface area contributed by atoms with Crippen LogP contribution in [0.15, 0.2) is 12.3 Å². The summed E-state index contributed by atoms with van der Waals surface area (Å²) >= 11 is 0. The highest BCUT2D eigenvalue weighted by Crippen LogP contribution is 2.28. The molecular weight excluding hydrogens is 444 g/mol. The van der Waals surface area contributed by atoms with Gasteiger partial charge in [-0.05, 0) is 39.7 Å². The molecule has 0 spiro atoms. The standard InChI is InChI=1S/C27H40N4O4/c1-18(2)29-27(34)30(5)16-24-19(3)15-31(20(4)17-32)26(33)23-13-22(14-28-25(23)35-24)12-11-21-9-7-6-8-10-21/h13-14,18-21,24,32H,6-10,15-17H2,1-5H3,(H,29,34)/t19-,20+,24-/m1/s1. The van der Waals surface area contributed by atoms with E-state index in [-0.39, 0.29) is 48.5 Å². The molecule has 2 heterocycles. The lowest BCUT2D eigenvalue weighted by Gasteiger charge is -2.37. The second kappa shape index (κ2) is 12.3. The van der Waals surface area contributed by atoms with Crippen LogP contribution < -0.4 is 10.1 Å². The number of nitrogens with zero attached hydrogens (tertiary/aromatic N) is 3. The van der Waals surface area contributed by atoms with Crippen molar-refractivity contribution in [3.05, 3.63) is 23.4 Å². The lowest BCUT2D eigenvalue weighted by atomic mass is 9.90. The molecule has 3 rings (SSSR count). The van der Waals surface area contributed by atoms with Crippen LogP contribution in [0.2, 0.25) is 0 Å². The number of hydrogen-bond acceptors (Lipinski definition) is 5. The topological polar surface area (TPSA) is 95.0 Å². The molecule has 1 aliphatic carbocycles. The number of rotatable bonds is 5. The zero-order valence-corrected chi connectivity index (χ0v) is 21.7. The van der Waals surface area contributed by atoms with Crippen molar-refractivity contribution in [2.75, 3.05) is 26.7 Å². The number of aliphatic hydroxyl groups is 1. The Morgan fingerprint density at radius 2 is 2.03 bits per heavy atom. The van der Waals surface area contributed by atoms with E-state index in [1.165, 1.54) is 19.3 Å². The monoisotopic (exact) mass is 484 g/mol. The number of nitrogens with one attached hydrogen (secondary N) is 1. The van der Waals surface area contributed by atoms with Crippen LogP contribution in [0.3, 0.4) is 0 Å². The average Bonchev–Trinajstić information content (AvgIpc) is 2.84. The number of pyridine rings is 1. The lowest BCUT2D eigenvalue weighted by molar-refractivity contribution is 0.0351. The second-order valence-corrected chi connectivity index (χ2v) is 10.3. The molecule has 0 radical (unpaired) electrons. The Labute approximate surface area is 209 Å². The summed E-state index contributed by atoms with van der Waals surface area (Å²) in [4.78, 5) is 33.8. The molecule has 0 unspecified atom stereocenters. The van der Waals surface area contributed by atoms with Crippen molar-refractivity contribution < 1.29 is 19.4 Å². The number of aromatic nitrogens is 1. The maximum atomic E-state index is 13.5. The van der Waals surface area contributed by atoms with E-state index in [0.29, 0.717) is 30.1 Å². The van der Waals surface area contributed by atoms with Crippen LogP contribution in [0.4, 0.5) is 4.79 Å². The highest BCUT2D eigenvalue weighted by atomic mass is 16.5. The van der Waals surface area contributed by atoms with Gasteiger partial charge < -0.3 is 25.0 Å². The first-order valence-electron chi connectivity index (χ1n) is 12.8. The molecule has 8 nitrogen and oxygen atoms in total.